The van der Waals surface area contributed by atoms with Gasteiger partial charge in [-0.2, -0.15) is 5.10 Å². The summed E-state index contributed by atoms with van der Waals surface area (Å²) in [5.74, 6) is 1.77. The van der Waals surface area contributed by atoms with E-state index in [1.807, 2.05) is 7.05 Å². The molecule has 0 unspecified atom stereocenters. The fraction of sp³-hybridized carbons (Fsp3) is 0.400. The summed E-state index contributed by atoms with van der Waals surface area (Å²) in [5, 5.41) is 7.44. The van der Waals surface area contributed by atoms with Crippen LogP contribution in [0.15, 0.2) is 35.6 Å². The smallest absolute Gasteiger partial charge is 0.198 e. The molecule has 21 heavy (non-hydrogen) atoms. The Morgan fingerprint density at radius 2 is 2.24 bits per heavy atom. The molecule has 6 nitrogen and oxygen atoms in total. The summed E-state index contributed by atoms with van der Waals surface area (Å²) in [4.78, 5) is 11.2. The summed E-state index contributed by atoms with van der Waals surface area (Å²) in [7, 11) is 1.88. The predicted octanol–water partition coefficient (Wildman–Crippen LogP) is 1.34. The van der Waals surface area contributed by atoms with E-state index in [9.17, 15) is 0 Å². The second kappa shape index (κ2) is 5.95. The highest BCUT2D eigenvalue weighted by Gasteiger charge is 2.22. The largest absolute Gasteiger partial charge is 0.356 e. The monoisotopic (exact) mass is 284 g/mol. The van der Waals surface area contributed by atoms with Gasteiger partial charge in [0.1, 0.15) is 18.7 Å². The molecule has 0 bridgehead atoms. The summed E-state index contributed by atoms with van der Waals surface area (Å²) < 4.78 is 1.75. The maximum atomic E-state index is 4.71. The lowest BCUT2D eigenvalue weighted by atomic mass is 10.2. The zero-order valence-corrected chi connectivity index (χ0v) is 12.5. The molecule has 6 heteroatoms. The van der Waals surface area contributed by atoms with Crippen molar-refractivity contribution in [3.8, 4) is 0 Å². The number of hydrogen-bond acceptors (Lipinski definition) is 3. The Morgan fingerprint density at radius 1 is 1.38 bits per heavy atom. The number of hydrogen-bond donors (Lipinski definition) is 1. The quantitative estimate of drug-likeness (QED) is 0.682. The third-order valence-electron chi connectivity index (χ3n) is 3.65. The molecule has 1 aromatic heterocycles. The standard InChI is InChI=1S/C15H20N6/c1-3-16-15(17-10-14-18-11-19-20(14)2)21-9-8-12-6-4-5-7-13(12)21/h4-7,11H,3,8-10H2,1-2H3,(H,16,17). The number of nitrogens with one attached hydrogen (secondary N) is 1. The SMILES string of the molecule is CCNC(=NCc1ncnn1C)N1CCc2ccccc21. The van der Waals surface area contributed by atoms with E-state index >= 15 is 0 Å². The molecule has 0 saturated heterocycles. The minimum atomic E-state index is 0.525. The maximum absolute atomic E-state index is 4.71. The van der Waals surface area contributed by atoms with Crippen molar-refractivity contribution in [1.82, 2.24) is 20.1 Å². The number of anilines is 1. The van der Waals surface area contributed by atoms with E-state index in [4.69, 9.17) is 4.99 Å². The van der Waals surface area contributed by atoms with Gasteiger partial charge in [0.05, 0.1) is 0 Å². The van der Waals surface area contributed by atoms with Crippen molar-refractivity contribution in [2.24, 2.45) is 12.0 Å². The third-order valence-corrected chi connectivity index (χ3v) is 3.65. The summed E-state index contributed by atoms with van der Waals surface area (Å²) >= 11 is 0. The minimum Gasteiger partial charge on any atom is -0.356 e. The topological polar surface area (TPSA) is 58.3 Å². The Labute approximate surface area is 124 Å². The van der Waals surface area contributed by atoms with Crippen LogP contribution in [0.3, 0.4) is 0 Å². The van der Waals surface area contributed by atoms with Crippen molar-refractivity contribution >= 4 is 11.6 Å². The van der Waals surface area contributed by atoms with Gasteiger partial charge < -0.3 is 10.2 Å². The fourth-order valence-corrected chi connectivity index (χ4v) is 2.56. The Balaban J connectivity index is 1.84. The van der Waals surface area contributed by atoms with Gasteiger partial charge in [0.25, 0.3) is 0 Å². The lowest BCUT2D eigenvalue weighted by molar-refractivity contribution is 0.700. The van der Waals surface area contributed by atoms with Gasteiger partial charge in [0.2, 0.25) is 0 Å². The van der Waals surface area contributed by atoms with Gasteiger partial charge in [-0.15, -0.1) is 0 Å². The van der Waals surface area contributed by atoms with Crippen LogP contribution in [-0.2, 0) is 20.0 Å². The Hall–Kier alpha value is -2.37. The van der Waals surface area contributed by atoms with Crippen LogP contribution in [0.1, 0.15) is 18.3 Å². The van der Waals surface area contributed by atoms with Gasteiger partial charge in [0, 0.05) is 25.8 Å². The third kappa shape index (κ3) is 2.74. The van der Waals surface area contributed by atoms with Crippen molar-refractivity contribution in [3.63, 3.8) is 0 Å². The molecule has 0 fully saturated rings. The van der Waals surface area contributed by atoms with Crippen LogP contribution in [0.4, 0.5) is 5.69 Å². The molecule has 0 radical (unpaired) electrons. The lowest BCUT2D eigenvalue weighted by Crippen LogP contribution is -2.40. The zero-order chi connectivity index (χ0) is 14.7. The van der Waals surface area contributed by atoms with Gasteiger partial charge in [-0.1, -0.05) is 18.2 Å². The average molecular weight is 284 g/mol. The van der Waals surface area contributed by atoms with Gasteiger partial charge in [-0.3, -0.25) is 4.68 Å². The first-order chi connectivity index (χ1) is 10.3. The highest BCUT2D eigenvalue weighted by Crippen LogP contribution is 2.27. The van der Waals surface area contributed by atoms with Gasteiger partial charge in [-0.05, 0) is 25.0 Å². The number of rotatable bonds is 3. The second-order valence-corrected chi connectivity index (χ2v) is 5.00. The summed E-state index contributed by atoms with van der Waals surface area (Å²) in [6.45, 7) is 4.41. The van der Waals surface area contributed by atoms with Gasteiger partial charge >= 0.3 is 0 Å². The van der Waals surface area contributed by atoms with Crippen LogP contribution in [0.25, 0.3) is 0 Å². The molecule has 0 aliphatic carbocycles. The van der Waals surface area contributed by atoms with Crippen LogP contribution in [-0.4, -0.2) is 33.8 Å². The fourth-order valence-electron chi connectivity index (χ4n) is 2.56. The number of guanidine groups is 1. The molecule has 0 amide bonds. The summed E-state index contributed by atoms with van der Waals surface area (Å²) in [5.41, 5.74) is 2.62. The number of aromatic nitrogens is 3. The average Bonchev–Trinajstić information content (AvgIpc) is 3.10. The minimum absolute atomic E-state index is 0.525. The Bertz CT molecular complexity index is 645. The molecule has 1 aromatic carbocycles. The van der Waals surface area contributed by atoms with Crippen molar-refractivity contribution in [2.45, 2.75) is 19.9 Å². The Kier molecular flexibility index (Phi) is 3.85. The van der Waals surface area contributed by atoms with Gasteiger partial charge in [-0.25, -0.2) is 9.98 Å². The summed E-state index contributed by atoms with van der Waals surface area (Å²) in [6.07, 6.45) is 2.62. The van der Waals surface area contributed by atoms with Crippen LogP contribution < -0.4 is 10.2 Å². The van der Waals surface area contributed by atoms with E-state index < -0.39 is 0 Å². The van der Waals surface area contributed by atoms with E-state index in [-0.39, 0.29) is 0 Å². The van der Waals surface area contributed by atoms with E-state index in [1.54, 1.807) is 11.0 Å². The zero-order valence-electron chi connectivity index (χ0n) is 12.5. The van der Waals surface area contributed by atoms with E-state index in [2.05, 4.69) is 51.5 Å². The van der Waals surface area contributed by atoms with Crippen LogP contribution in [0.5, 0.6) is 0 Å². The highest BCUT2D eigenvalue weighted by atomic mass is 15.3. The number of para-hydroxylation sites is 1. The first kappa shape index (κ1) is 13.6. The molecule has 1 N–H and O–H groups in total. The van der Waals surface area contributed by atoms with Crippen LogP contribution in [0, 0.1) is 0 Å². The molecule has 0 spiro atoms. The number of fused-ring (bicyclic) bond motifs is 1. The maximum Gasteiger partial charge on any atom is 0.198 e. The van der Waals surface area contributed by atoms with Gasteiger partial charge in [0.15, 0.2) is 5.96 Å². The molecule has 110 valence electrons. The molecule has 1 aliphatic heterocycles. The highest BCUT2D eigenvalue weighted by molar-refractivity contribution is 5.97. The van der Waals surface area contributed by atoms with E-state index in [0.717, 1.165) is 31.3 Å². The molecule has 2 aromatic rings. The Morgan fingerprint density at radius 3 is 3.00 bits per heavy atom. The number of benzene rings is 1. The first-order valence-electron chi connectivity index (χ1n) is 7.26. The summed E-state index contributed by atoms with van der Waals surface area (Å²) in [6, 6.07) is 8.49. The van der Waals surface area contributed by atoms with E-state index in [0.29, 0.717) is 6.54 Å². The molecule has 0 saturated carbocycles. The number of aryl methyl sites for hydroxylation is 1. The van der Waals surface area contributed by atoms with Crippen LogP contribution in [0.2, 0.25) is 0 Å². The molecule has 3 rings (SSSR count). The van der Waals surface area contributed by atoms with Crippen molar-refractivity contribution in [3.05, 3.63) is 42.0 Å². The number of aliphatic imine (C=N–C) groups is 1. The molecular weight excluding hydrogens is 264 g/mol. The molecule has 1 aliphatic rings. The molecule has 0 atom stereocenters. The predicted molar refractivity (Wildman–Crippen MR) is 83.3 cm³/mol. The lowest BCUT2D eigenvalue weighted by Gasteiger charge is -2.22. The second-order valence-electron chi connectivity index (χ2n) is 5.00. The van der Waals surface area contributed by atoms with Crippen molar-refractivity contribution in [2.75, 3.05) is 18.0 Å². The molecular formula is C15H20N6. The molecule has 2 heterocycles. The first-order valence-corrected chi connectivity index (χ1v) is 7.26. The van der Waals surface area contributed by atoms with Crippen molar-refractivity contribution in [1.29, 1.82) is 0 Å². The number of nitrogens with zero attached hydrogens (tertiary/aromatic N) is 5. The van der Waals surface area contributed by atoms with Crippen molar-refractivity contribution < 1.29 is 0 Å². The van der Waals surface area contributed by atoms with E-state index in [1.165, 1.54) is 11.3 Å². The van der Waals surface area contributed by atoms with Crippen LogP contribution >= 0.6 is 0 Å². The normalized spacial score (nSPS) is 14.4.